The molecule has 1 aliphatic carbocycles. The zero-order chi connectivity index (χ0) is 20.6. The van der Waals surface area contributed by atoms with Crippen molar-refractivity contribution in [2.75, 3.05) is 26.0 Å². The van der Waals surface area contributed by atoms with Crippen molar-refractivity contribution in [1.82, 2.24) is 10.6 Å². The predicted molar refractivity (Wildman–Crippen MR) is 131 cm³/mol. The van der Waals surface area contributed by atoms with Crippen LogP contribution in [0.1, 0.15) is 31.4 Å². The molecule has 0 radical (unpaired) electrons. The number of hydrogen-bond donors (Lipinski definition) is 2. The van der Waals surface area contributed by atoms with E-state index in [1.54, 1.807) is 13.1 Å². The van der Waals surface area contributed by atoms with Crippen molar-refractivity contribution in [2.24, 2.45) is 10.9 Å². The summed E-state index contributed by atoms with van der Waals surface area (Å²) < 4.78 is 32.2. The molecule has 1 saturated carbocycles. The van der Waals surface area contributed by atoms with Gasteiger partial charge in [-0.05, 0) is 55.5 Å². The van der Waals surface area contributed by atoms with Crippen molar-refractivity contribution in [3.05, 3.63) is 59.9 Å². The van der Waals surface area contributed by atoms with Crippen LogP contribution in [0.2, 0.25) is 0 Å². The smallest absolute Gasteiger partial charge is 0.191 e. The van der Waals surface area contributed by atoms with Gasteiger partial charge in [0.1, 0.15) is 0 Å². The van der Waals surface area contributed by atoms with Gasteiger partial charge in [-0.3, -0.25) is 9.20 Å². The van der Waals surface area contributed by atoms with Crippen LogP contribution < -0.4 is 15.4 Å². The number of halogens is 2. The third-order valence-electron chi connectivity index (χ3n) is 4.79. The quantitative estimate of drug-likeness (QED) is 0.281. The lowest BCUT2D eigenvalue weighted by molar-refractivity contribution is 0.285. The first-order valence-electron chi connectivity index (χ1n) is 9.89. The van der Waals surface area contributed by atoms with Gasteiger partial charge in [0.25, 0.3) is 0 Å². The van der Waals surface area contributed by atoms with Gasteiger partial charge in [0.15, 0.2) is 17.5 Å². The molecule has 2 unspecified atom stereocenters. The standard InChI is InChI=1S/C22H28FN3O2S.HI/c1-16(18-10-11-21(20(23)14-18)28-15-17-8-9-17)26-22(24-2)25-12-13-29(27)19-6-4-3-5-7-19;/h3-7,10-11,14,16-17H,8-9,12-13,15H2,1-2H3,(H2,24,25,26);1H. The molecule has 1 aliphatic rings. The minimum absolute atomic E-state index is 0. The van der Waals surface area contributed by atoms with Crippen LogP contribution in [0.4, 0.5) is 4.39 Å². The number of nitrogens with zero attached hydrogens (tertiary/aromatic N) is 1. The number of nitrogens with one attached hydrogen (secondary N) is 2. The van der Waals surface area contributed by atoms with E-state index in [2.05, 4.69) is 15.6 Å². The summed E-state index contributed by atoms with van der Waals surface area (Å²) >= 11 is 0. The van der Waals surface area contributed by atoms with Crippen molar-refractivity contribution in [3.63, 3.8) is 0 Å². The van der Waals surface area contributed by atoms with Crippen LogP contribution in [0, 0.1) is 11.7 Å². The molecule has 8 heteroatoms. The van der Waals surface area contributed by atoms with Crippen LogP contribution >= 0.6 is 24.0 Å². The van der Waals surface area contributed by atoms with Crippen LogP contribution in [0.3, 0.4) is 0 Å². The Kier molecular flexibility index (Phi) is 10.0. The highest BCUT2D eigenvalue weighted by Crippen LogP contribution is 2.30. The molecule has 2 N–H and O–H groups in total. The first-order chi connectivity index (χ1) is 14.1. The van der Waals surface area contributed by atoms with Crippen LogP contribution in [0.15, 0.2) is 58.4 Å². The molecule has 164 valence electrons. The van der Waals surface area contributed by atoms with E-state index < -0.39 is 10.8 Å². The maximum absolute atomic E-state index is 14.3. The number of guanidine groups is 1. The summed E-state index contributed by atoms with van der Waals surface area (Å²) in [5, 5.41) is 6.40. The van der Waals surface area contributed by atoms with E-state index in [0.29, 0.717) is 36.5 Å². The van der Waals surface area contributed by atoms with Gasteiger partial charge in [0.05, 0.1) is 23.4 Å². The molecule has 2 atom stereocenters. The molecule has 2 aromatic carbocycles. The minimum atomic E-state index is -1.07. The van der Waals surface area contributed by atoms with E-state index in [9.17, 15) is 8.60 Å². The van der Waals surface area contributed by atoms with E-state index >= 15 is 0 Å². The summed E-state index contributed by atoms with van der Waals surface area (Å²) in [6.07, 6.45) is 2.34. The highest BCUT2D eigenvalue weighted by molar-refractivity contribution is 14.0. The molecule has 0 aliphatic heterocycles. The van der Waals surface area contributed by atoms with Gasteiger partial charge in [0, 0.05) is 24.2 Å². The monoisotopic (exact) mass is 545 g/mol. The summed E-state index contributed by atoms with van der Waals surface area (Å²) in [5.74, 6) is 1.59. The fourth-order valence-corrected chi connectivity index (χ4v) is 3.81. The van der Waals surface area contributed by atoms with Gasteiger partial charge in [-0.25, -0.2) is 4.39 Å². The molecule has 0 bridgehead atoms. The number of aliphatic imine (C=N–C) groups is 1. The van der Waals surface area contributed by atoms with Gasteiger partial charge in [-0.2, -0.15) is 0 Å². The Morgan fingerprint density at radius 1 is 1.27 bits per heavy atom. The van der Waals surface area contributed by atoms with E-state index in [0.717, 1.165) is 10.5 Å². The highest BCUT2D eigenvalue weighted by atomic mass is 127. The Morgan fingerprint density at radius 2 is 2.00 bits per heavy atom. The Bertz CT molecular complexity index is 863. The van der Waals surface area contributed by atoms with E-state index in [4.69, 9.17) is 4.74 Å². The van der Waals surface area contributed by atoms with Crippen LogP contribution in [-0.4, -0.2) is 36.1 Å². The topological polar surface area (TPSA) is 62.7 Å². The first kappa shape index (κ1) is 24.6. The van der Waals surface area contributed by atoms with Gasteiger partial charge >= 0.3 is 0 Å². The van der Waals surface area contributed by atoms with E-state index in [1.165, 1.54) is 18.9 Å². The molecular weight excluding hydrogens is 516 g/mol. The number of rotatable bonds is 9. The predicted octanol–water partition coefficient (Wildman–Crippen LogP) is 4.27. The SMILES string of the molecule is CN=C(NCCS(=O)c1ccccc1)NC(C)c1ccc(OCC2CC2)c(F)c1.I. The molecule has 1 fully saturated rings. The Hall–Kier alpha value is -1.68. The van der Waals surface area contributed by atoms with Gasteiger partial charge in [-0.1, -0.05) is 24.3 Å². The molecule has 2 aromatic rings. The average Bonchev–Trinajstić information content (AvgIpc) is 3.57. The molecule has 0 spiro atoms. The summed E-state index contributed by atoms with van der Waals surface area (Å²) in [7, 11) is 0.606. The van der Waals surface area contributed by atoms with Crippen molar-refractivity contribution in [3.8, 4) is 5.75 Å². The Labute approximate surface area is 197 Å². The maximum Gasteiger partial charge on any atom is 0.191 e. The molecule has 0 amide bonds. The Morgan fingerprint density at radius 3 is 2.63 bits per heavy atom. The molecule has 5 nitrogen and oxygen atoms in total. The molecule has 0 saturated heterocycles. The summed E-state index contributed by atoms with van der Waals surface area (Å²) in [5.41, 5.74) is 0.803. The lowest BCUT2D eigenvalue weighted by Gasteiger charge is -2.19. The van der Waals surface area contributed by atoms with Crippen molar-refractivity contribution in [1.29, 1.82) is 0 Å². The second kappa shape index (κ2) is 12.2. The normalized spacial score (nSPS) is 15.6. The lowest BCUT2D eigenvalue weighted by Crippen LogP contribution is -2.40. The second-order valence-corrected chi connectivity index (χ2v) is 8.74. The van der Waals surface area contributed by atoms with Crippen LogP contribution in [0.25, 0.3) is 0 Å². The molecule has 0 aromatic heterocycles. The number of ether oxygens (including phenoxy) is 1. The number of benzene rings is 2. The molecule has 30 heavy (non-hydrogen) atoms. The molecular formula is C22H29FIN3O2S. The van der Waals surface area contributed by atoms with Crippen LogP contribution in [0.5, 0.6) is 5.75 Å². The average molecular weight is 545 g/mol. The minimum Gasteiger partial charge on any atom is -0.490 e. The maximum atomic E-state index is 14.3. The largest absolute Gasteiger partial charge is 0.490 e. The summed E-state index contributed by atoms with van der Waals surface area (Å²) in [4.78, 5) is 5.01. The third kappa shape index (κ3) is 7.54. The third-order valence-corrected chi connectivity index (χ3v) is 6.16. The van der Waals surface area contributed by atoms with Crippen molar-refractivity contribution < 1.29 is 13.3 Å². The summed E-state index contributed by atoms with van der Waals surface area (Å²) in [6.45, 7) is 3.04. The fraction of sp³-hybridized carbons (Fsp3) is 0.409. The highest BCUT2D eigenvalue weighted by Gasteiger charge is 2.22. The first-order valence-corrected chi connectivity index (χ1v) is 11.2. The molecule has 3 rings (SSSR count). The lowest BCUT2D eigenvalue weighted by atomic mass is 10.1. The van der Waals surface area contributed by atoms with Gasteiger partial charge < -0.3 is 15.4 Å². The van der Waals surface area contributed by atoms with Crippen molar-refractivity contribution >= 4 is 40.7 Å². The molecule has 0 heterocycles. The zero-order valence-electron chi connectivity index (χ0n) is 17.3. The Balaban J connectivity index is 0.00000320. The van der Waals surface area contributed by atoms with Gasteiger partial charge in [-0.15, -0.1) is 24.0 Å². The van der Waals surface area contributed by atoms with Crippen LogP contribution in [-0.2, 0) is 10.8 Å². The van der Waals surface area contributed by atoms with E-state index in [1.807, 2.05) is 43.3 Å². The van der Waals surface area contributed by atoms with E-state index in [-0.39, 0.29) is 35.8 Å². The number of hydrogen-bond acceptors (Lipinski definition) is 3. The second-order valence-electron chi connectivity index (χ2n) is 7.17. The zero-order valence-corrected chi connectivity index (χ0v) is 20.4. The summed E-state index contributed by atoms with van der Waals surface area (Å²) in [6, 6.07) is 14.3. The fourth-order valence-electron chi connectivity index (χ4n) is 2.83. The van der Waals surface area contributed by atoms with Gasteiger partial charge in [0.2, 0.25) is 0 Å². The van der Waals surface area contributed by atoms with Crippen molar-refractivity contribution in [2.45, 2.75) is 30.7 Å².